The molecule has 1 heterocycles. The van der Waals surface area contributed by atoms with Gasteiger partial charge in [-0.25, -0.2) is 4.79 Å². The van der Waals surface area contributed by atoms with E-state index in [1.165, 1.54) is 26.4 Å². The molecule has 1 N–H and O–H groups in total. The molecule has 0 atom stereocenters. The quantitative estimate of drug-likeness (QED) is 0.504. The largest absolute Gasteiger partial charge is 0.494 e. The highest BCUT2D eigenvalue weighted by Crippen LogP contribution is 2.37. The molecule has 1 saturated heterocycles. The van der Waals surface area contributed by atoms with Gasteiger partial charge in [-0.3, -0.25) is 10.1 Å². The second-order valence-electron chi connectivity index (χ2n) is 4.85. The van der Waals surface area contributed by atoms with Crippen LogP contribution in [0.15, 0.2) is 12.1 Å². The lowest BCUT2D eigenvalue weighted by Gasteiger charge is -2.25. The van der Waals surface area contributed by atoms with Gasteiger partial charge in [-0.2, -0.15) is 0 Å². The van der Waals surface area contributed by atoms with Crippen LogP contribution in [0.2, 0.25) is 0 Å². The van der Waals surface area contributed by atoms with Crippen LogP contribution in [0.25, 0.3) is 0 Å². The van der Waals surface area contributed by atoms with Gasteiger partial charge in [0.2, 0.25) is 0 Å². The van der Waals surface area contributed by atoms with E-state index in [2.05, 4.69) is 10.1 Å². The number of nitrogens with one attached hydrogen (secondary N) is 1. The van der Waals surface area contributed by atoms with Gasteiger partial charge in [-0.05, 0) is 18.9 Å². The minimum Gasteiger partial charge on any atom is -0.494 e. The molecule has 1 aromatic carbocycles. The summed E-state index contributed by atoms with van der Waals surface area (Å²) in [6.07, 6.45) is 1.50. The molecular formula is C14H18N2O6. The van der Waals surface area contributed by atoms with Crippen LogP contribution in [0.1, 0.15) is 23.2 Å². The van der Waals surface area contributed by atoms with Crippen LogP contribution in [0, 0.1) is 10.1 Å². The summed E-state index contributed by atoms with van der Waals surface area (Å²) in [5.74, 6) is -0.417. The van der Waals surface area contributed by atoms with Crippen LogP contribution < -0.4 is 10.1 Å². The van der Waals surface area contributed by atoms with Crippen LogP contribution in [0.4, 0.5) is 11.4 Å². The second-order valence-corrected chi connectivity index (χ2v) is 4.85. The zero-order valence-corrected chi connectivity index (χ0v) is 12.5. The van der Waals surface area contributed by atoms with Crippen LogP contribution >= 0.6 is 0 Å². The third kappa shape index (κ3) is 3.45. The molecule has 0 aliphatic carbocycles. The SMILES string of the molecule is COC(=O)c1cc(OC)c(NC2CCOCC2)c([N+](=O)[O-])c1. The molecule has 0 bridgehead atoms. The third-order valence-electron chi connectivity index (χ3n) is 3.49. The summed E-state index contributed by atoms with van der Waals surface area (Å²) < 4.78 is 15.1. The summed E-state index contributed by atoms with van der Waals surface area (Å²) in [4.78, 5) is 22.4. The fourth-order valence-corrected chi connectivity index (χ4v) is 2.33. The smallest absolute Gasteiger partial charge is 0.338 e. The van der Waals surface area contributed by atoms with E-state index in [0.717, 1.165) is 12.8 Å². The van der Waals surface area contributed by atoms with Crippen LogP contribution in [-0.2, 0) is 9.47 Å². The van der Waals surface area contributed by atoms with Gasteiger partial charge in [0.1, 0.15) is 5.75 Å². The minimum absolute atomic E-state index is 0.0605. The van der Waals surface area contributed by atoms with Crippen molar-refractivity contribution < 1.29 is 23.9 Å². The Morgan fingerprint density at radius 3 is 2.59 bits per heavy atom. The summed E-state index contributed by atoms with van der Waals surface area (Å²) in [5.41, 5.74) is 0.127. The molecule has 1 aliphatic rings. The fourth-order valence-electron chi connectivity index (χ4n) is 2.33. The van der Waals surface area contributed by atoms with Gasteiger partial charge in [-0.1, -0.05) is 0 Å². The van der Waals surface area contributed by atoms with Crippen molar-refractivity contribution >= 4 is 17.3 Å². The molecule has 1 fully saturated rings. The van der Waals surface area contributed by atoms with E-state index >= 15 is 0 Å². The van der Waals surface area contributed by atoms with Crippen molar-refractivity contribution in [2.24, 2.45) is 0 Å². The average molecular weight is 310 g/mol. The lowest BCUT2D eigenvalue weighted by atomic mass is 10.1. The number of hydrogen-bond donors (Lipinski definition) is 1. The molecule has 120 valence electrons. The summed E-state index contributed by atoms with van der Waals surface area (Å²) in [5, 5.41) is 14.5. The predicted molar refractivity (Wildman–Crippen MR) is 78.5 cm³/mol. The van der Waals surface area contributed by atoms with Gasteiger partial charge in [0.25, 0.3) is 5.69 Å². The molecule has 1 aliphatic heterocycles. The number of nitro groups is 1. The molecule has 8 heteroatoms. The highest BCUT2D eigenvalue weighted by molar-refractivity contribution is 5.93. The third-order valence-corrected chi connectivity index (χ3v) is 3.49. The number of ether oxygens (including phenoxy) is 3. The monoisotopic (exact) mass is 310 g/mol. The molecule has 0 aromatic heterocycles. The maximum Gasteiger partial charge on any atom is 0.338 e. The van der Waals surface area contributed by atoms with E-state index < -0.39 is 10.9 Å². The standard InChI is InChI=1S/C14H18N2O6/c1-20-12-8-9(14(17)21-2)7-11(16(18)19)13(12)15-10-3-5-22-6-4-10/h7-8,10,15H,3-6H2,1-2H3. The van der Waals surface area contributed by atoms with Crippen molar-refractivity contribution in [3.05, 3.63) is 27.8 Å². The molecule has 0 spiro atoms. The lowest BCUT2D eigenvalue weighted by Crippen LogP contribution is -2.28. The van der Waals surface area contributed by atoms with E-state index in [1.54, 1.807) is 0 Å². The molecular weight excluding hydrogens is 292 g/mol. The van der Waals surface area contributed by atoms with E-state index in [0.29, 0.717) is 13.2 Å². The van der Waals surface area contributed by atoms with Gasteiger partial charge >= 0.3 is 5.97 Å². The summed E-state index contributed by atoms with van der Waals surface area (Å²) in [6, 6.07) is 2.68. The highest BCUT2D eigenvalue weighted by Gasteiger charge is 2.26. The van der Waals surface area contributed by atoms with Crippen molar-refractivity contribution in [2.45, 2.75) is 18.9 Å². The first-order valence-electron chi connectivity index (χ1n) is 6.85. The Morgan fingerprint density at radius 1 is 1.36 bits per heavy atom. The number of anilines is 1. The predicted octanol–water partition coefficient (Wildman–Crippen LogP) is 1.98. The van der Waals surface area contributed by atoms with Crippen molar-refractivity contribution in [1.29, 1.82) is 0 Å². The summed E-state index contributed by atoms with van der Waals surface area (Å²) in [7, 11) is 2.62. The fraction of sp³-hybridized carbons (Fsp3) is 0.500. The number of carbonyl (C=O) groups excluding carboxylic acids is 1. The van der Waals surface area contributed by atoms with Gasteiger partial charge in [0.15, 0.2) is 5.69 Å². The maximum absolute atomic E-state index is 11.6. The lowest BCUT2D eigenvalue weighted by molar-refractivity contribution is -0.384. The number of hydrogen-bond acceptors (Lipinski definition) is 7. The van der Waals surface area contributed by atoms with E-state index in [-0.39, 0.29) is 28.7 Å². The van der Waals surface area contributed by atoms with E-state index in [9.17, 15) is 14.9 Å². The maximum atomic E-state index is 11.6. The average Bonchev–Trinajstić information content (AvgIpc) is 2.54. The van der Waals surface area contributed by atoms with E-state index in [4.69, 9.17) is 9.47 Å². The number of esters is 1. The van der Waals surface area contributed by atoms with Crippen molar-refractivity contribution in [3.63, 3.8) is 0 Å². The molecule has 0 amide bonds. The zero-order chi connectivity index (χ0) is 16.1. The Morgan fingerprint density at radius 2 is 2.05 bits per heavy atom. The molecule has 22 heavy (non-hydrogen) atoms. The Kier molecular flexibility index (Phi) is 5.16. The highest BCUT2D eigenvalue weighted by atomic mass is 16.6. The molecule has 0 unspecified atom stereocenters. The van der Waals surface area contributed by atoms with Crippen LogP contribution in [0.3, 0.4) is 0 Å². The Hall–Kier alpha value is -2.35. The first-order chi connectivity index (χ1) is 10.6. The number of nitrogens with zero attached hydrogens (tertiary/aromatic N) is 1. The molecule has 1 aromatic rings. The van der Waals surface area contributed by atoms with Gasteiger partial charge < -0.3 is 19.5 Å². The zero-order valence-electron chi connectivity index (χ0n) is 12.5. The second kappa shape index (κ2) is 7.08. The van der Waals surface area contributed by atoms with Crippen molar-refractivity contribution in [2.75, 3.05) is 32.8 Å². The molecule has 8 nitrogen and oxygen atoms in total. The Bertz CT molecular complexity index is 569. The van der Waals surface area contributed by atoms with Crippen molar-refractivity contribution in [1.82, 2.24) is 0 Å². The van der Waals surface area contributed by atoms with Gasteiger partial charge in [0.05, 0.1) is 24.7 Å². The number of rotatable bonds is 5. The number of benzene rings is 1. The van der Waals surface area contributed by atoms with Crippen molar-refractivity contribution in [3.8, 4) is 5.75 Å². The number of methoxy groups -OCH3 is 2. The van der Waals surface area contributed by atoms with Crippen LogP contribution in [0.5, 0.6) is 5.75 Å². The summed E-state index contributed by atoms with van der Waals surface area (Å²) in [6.45, 7) is 1.21. The number of carbonyl (C=O) groups is 1. The van der Waals surface area contributed by atoms with Gasteiger partial charge in [-0.15, -0.1) is 0 Å². The van der Waals surface area contributed by atoms with Gasteiger partial charge in [0, 0.05) is 25.3 Å². The summed E-state index contributed by atoms with van der Waals surface area (Å²) >= 11 is 0. The van der Waals surface area contributed by atoms with E-state index in [1.807, 2.05) is 0 Å². The first-order valence-corrected chi connectivity index (χ1v) is 6.85. The van der Waals surface area contributed by atoms with Crippen LogP contribution in [-0.4, -0.2) is 44.4 Å². The normalized spacial score (nSPS) is 15.2. The Labute approximate surface area is 127 Å². The topological polar surface area (TPSA) is 99.9 Å². The number of nitro benzene ring substituents is 1. The molecule has 0 radical (unpaired) electrons. The molecule has 0 saturated carbocycles. The first kappa shape index (κ1) is 16.0. The Balaban J connectivity index is 2.40. The minimum atomic E-state index is -0.654. The molecule has 2 rings (SSSR count).